The van der Waals surface area contributed by atoms with Gasteiger partial charge in [-0.2, -0.15) is 0 Å². The summed E-state index contributed by atoms with van der Waals surface area (Å²) < 4.78 is 2.03. The number of nitrogens with one attached hydrogen (secondary N) is 1. The van der Waals surface area contributed by atoms with Gasteiger partial charge in [-0.25, -0.2) is 4.98 Å². The van der Waals surface area contributed by atoms with Gasteiger partial charge in [-0.05, 0) is 11.4 Å². The van der Waals surface area contributed by atoms with Crippen LogP contribution >= 0.6 is 11.3 Å². The van der Waals surface area contributed by atoms with Crippen molar-refractivity contribution in [2.24, 2.45) is 7.05 Å². The average molecular weight is 333 g/mol. The number of rotatable bonds is 5. The molecule has 1 fully saturated rings. The first kappa shape index (κ1) is 16.2. The SMILES string of the molecule is CN(Cc1cccs1)C(=O)CN1CCNCC1c1nccn1C. The molecule has 0 spiro atoms. The summed E-state index contributed by atoms with van der Waals surface area (Å²) >= 11 is 1.68. The third-order valence-electron chi connectivity index (χ3n) is 4.25. The zero-order chi connectivity index (χ0) is 16.2. The molecule has 1 N–H and O–H groups in total. The fourth-order valence-electron chi connectivity index (χ4n) is 2.91. The third-order valence-corrected chi connectivity index (χ3v) is 5.11. The van der Waals surface area contributed by atoms with Gasteiger partial charge in [0.25, 0.3) is 0 Å². The molecule has 0 saturated carbocycles. The van der Waals surface area contributed by atoms with Crippen molar-refractivity contribution < 1.29 is 4.79 Å². The van der Waals surface area contributed by atoms with Crippen molar-refractivity contribution in [3.05, 3.63) is 40.6 Å². The van der Waals surface area contributed by atoms with E-state index in [1.54, 1.807) is 11.3 Å². The number of imidazole rings is 1. The number of aromatic nitrogens is 2. The Morgan fingerprint density at radius 2 is 2.43 bits per heavy atom. The predicted molar refractivity (Wildman–Crippen MR) is 91.2 cm³/mol. The van der Waals surface area contributed by atoms with Gasteiger partial charge in [0.1, 0.15) is 5.82 Å². The van der Waals surface area contributed by atoms with Crippen LogP contribution in [0.25, 0.3) is 0 Å². The van der Waals surface area contributed by atoms with Crippen molar-refractivity contribution in [2.75, 3.05) is 33.2 Å². The maximum absolute atomic E-state index is 12.6. The van der Waals surface area contributed by atoms with Crippen LogP contribution in [0.5, 0.6) is 0 Å². The van der Waals surface area contributed by atoms with Crippen molar-refractivity contribution in [1.82, 2.24) is 24.7 Å². The van der Waals surface area contributed by atoms with Gasteiger partial charge in [0.05, 0.1) is 19.1 Å². The molecule has 0 bridgehead atoms. The molecule has 0 radical (unpaired) electrons. The second-order valence-corrected chi connectivity index (χ2v) is 6.95. The maximum Gasteiger partial charge on any atom is 0.236 e. The molecule has 1 aliphatic rings. The monoisotopic (exact) mass is 333 g/mol. The zero-order valence-electron chi connectivity index (χ0n) is 13.6. The van der Waals surface area contributed by atoms with Crippen LogP contribution in [0, 0.1) is 0 Å². The number of carbonyl (C=O) groups is 1. The summed E-state index contributed by atoms with van der Waals surface area (Å²) in [4.78, 5) is 22.3. The van der Waals surface area contributed by atoms with E-state index in [9.17, 15) is 4.79 Å². The molecule has 0 aliphatic carbocycles. The molecule has 1 aliphatic heterocycles. The van der Waals surface area contributed by atoms with Gasteiger partial charge in [0.15, 0.2) is 0 Å². The summed E-state index contributed by atoms with van der Waals surface area (Å²) in [6.45, 7) is 3.70. The Labute approximate surface area is 140 Å². The minimum Gasteiger partial charge on any atom is -0.340 e. The number of hydrogen-bond acceptors (Lipinski definition) is 5. The fraction of sp³-hybridized carbons (Fsp3) is 0.500. The van der Waals surface area contributed by atoms with Gasteiger partial charge in [-0.3, -0.25) is 9.69 Å². The predicted octanol–water partition coefficient (Wildman–Crippen LogP) is 1.09. The van der Waals surface area contributed by atoms with E-state index in [0.717, 1.165) is 25.5 Å². The summed E-state index contributed by atoms with van der Waals surface area (Å²) in [6.07, 6.45) is 3.76. The van der Waals surface area contributed by atoms with Gasteiger partial charge in [-0.15, -0.1) is 11.3 Å². The molecule has 2 aromatic heterocycles. The minimum atomic E-state index is 0.142. The van der Waals surface area contributed by atoms with Crippen molar-refractivity contribution in [3.63, 3.8) is 0 Å². The van der Waals surface area contributed by atoms with Crippen molar-refractivity contribution in [1.29, 1.82) is 0 Å². The lowest BCUT2D eigenvalue weighted by Gasteiger charge is -2.36. The van der Waals surface area contributed by atoms with Crippen molar-refractivity contribution in [3.8, 4) is 0 Å². The largest absolute Gasteiger partial charge is 0.340 e. The normalized spacial score (nSPS) is 19.0. The van der Waals surface area contributed by atoms with Crippen LogP contribution in [0.4, 0.5) is 0 Å². The van der Waals surface area contributed by atoms with Crippen LogP contribution in [0.15, 0.2) is 29.9 Å². The Kier molecular flexibility index (Phi) is 5.09. The highest BCUT2D eigenvalue weighted by Crippen LogP contribution is 2.20. The Bertz CT molecular complexity index is 639. The quantitative estimate of drug-likeness (QED) is 0.890. The molecule has 1 atom stereocenters. The highest BCUT2D eigenvalue weighted by atomic mass is 32.1. The smallest absolute Gasteiger partial charge is 0.236 e. The van der Waals surface area contributed by atoms with Crippen molar-refractivity contribution >= 4 is 17.2 Å². The first-order valence-electron chi connectivity index (χ1n) is 7.83. The Morgan fingerprint density at radius 1 is 1.57 bits per heavy atom. The number of likely N-dealkylation sites (N-methyl/N-ethyl adjacent to an activating group) is 1. The topological polar surface area (TPSA) is 53.4 Å². The van der Waals surface area contributed by atoms with E-state index >= 15 is 0 Å². The first-order chi connectivity index (χ1) is 11.1. The lowest BCUT2D eigenvalue weighted by molar-refractivity contribution is -0.132. The molecule has 0 aromatic carbocycles. The van der Waals surface area contributed by atoms with E-state index < -0.39 is 0 Å². The molecule has 2 aromatic rings. The van der Waals surface area contributed by atoms with E-state index in [4.69, 9.17) is 0 Å². The molecule has 1 amide bonds. The summed E-state index contributed by atoms with van der Waals surface area (Å²) in [5.41, 5.74) is 0. The number of hydrogen-bond donors (Lipinski definition) is 1. The van der Waals surface area contributed by atoms with E-state index in [1.807, 2.05) is 47.4 Å². The summed E-state index contributed by atoms with van der Waals surface area (Å²) in [7, 11) is 3.87. The molecule has 1 unspecified atom stereocenters. The van der Waals surface area contributed by atoms with Crippen LogP contribution in [-0.4, -0.2) is 58.5 Å². The zero-order valence-corrected chi connectivity index (χ0v) is 14.4. The lowest BCUT2D eigenvalue weighted by atomic mass is 10.1. The average Bonchev–Trinajstić information content (AvgIpc) is 3.19. The number of carbonyl (C=O) groups excluding carboxylic acids is 1. The molecular formula is C16H23N5OS. The van der Waals surface area contributed by atoms with Crippen LogP contribution in [0.1, 0.15) is 16.7 Å². The number of thiophene rings is 1. The Morgan fingerprint density at radius 3 is 3.13 bits per heavy atom. The molecule has 1 saturated heterocycles. The highest BCUT2D eigenvalue weighted by molar-refractivity contribution is 7.09. The summed E-state index contributed by atoms with van der Waals surface area (Å²) in [5, 5.41) is 5.44. The van der Waals surface area contributed by atoms with Crippen molar-refractivity contribution in [2.45, 2.75) is 12.6 Å². The first-order valence-corrected chi connectivity index (χ1v) is 8.71. The standard InChI is InChI=1S/C16H23N5OS/c1-19-7-6-18-16(19)14-10-17-5-8-21(14)12-15(22)20(2)11-13-4-3-9-23-13/h3-4,6-7,9,14,17H,5,8,10-12H2,1-2H3. The van der Waals surface area contributed by atoms with E-state index in [2.05, 4.69) is 21.3 Å². The van der Waals surface area contributed by atoms with E-state index in [1.165, 1.54) is 4.88 Å². The molecule has 124 valence electrons. The number of nitrogens with zero attached hydrogens (tertiary/aromatic N) is 4. The maximum atomic E-state index is 12.6. The summed E-state index contributed by atoms with van der Waals surface area (Å²) in [5.74, 6) is 1.16. The van der Waals surface area contributed by atoms with Gasteiger partial charge in [0, 0.05) is 51.0 Å². The fourth-order valence-corrected chi connectivity index (χ4v) is 3.66. The number of aryl methyl sites for hydroxylation is 1. The number of amides is 1. The Balaban J connectivity index is 1.64. The van der Waals surface area contributed by atoms with Gasteiger partial charge >= 0.3 is 0 Å². The van der Waals surface area contributed by atoms with E-state index in [-0.39, 0.29) is 11.9 Å². The number of piperazine rings is 1. The van der Waals surface area contributed by atoms with Crippen LogP contribution in [-0.2, 0) is 18.4 Å². The van der Waals surface area contributed by atoms with Gasteiger partial charge in [0.2, 0.25) is 5.91 Å². The molecule has 7 heteroatoms. The Hall–Kier alpha value is -1.70. The molecular weight excluding hydrogens is 310 g/mol. The molecule has 6 nitrogen and oxygen atoms in total. The van der Waals surface area contributed by atoms with Crippen LogP contribution < -0.4 is 5.32 Å². The minimum absolute atomic E-state index is 0.142. The molecule has 3 heterocycles. The molecule has 23 heavy (non-hydrogen) atoms. The van der Waals surface area contributed by atoms with E-state index in [0.29, 0.717) is 13.1 Å². The summed E-state index contributed by atoms with van der Waals surface area (Å²) in [6, 6.07) is 4.23. The van der Waals surface area contributed by atoms with Gasteiger partial charge < -0.3 is 14.8 Å². The van der Waals surface area contributed by atoms with Crippen LogP contribution in [0.2, 0.25) is 0 Å². The molecule has 3 rings (SSSR count). The van der Waals surface area contributed by atoms with Gasteiger partial charge in [-0.1, -0.05) is 6.07 Å². The third kappa shape index (κ3) is 3.80. The second-order valence-electron chi connectivity index (χ2n) is 5.92. The van der Waals surface area contributed by atoms with Crippen LogP contribution in [0.3, 0.4) is 0 Å². The highest BCUT2D eigenvalue weighted by Gasteiger charge is 2.28. The second kappa shape index (κ2) is 7.25. The lowest BCUT2D eigenvalue weighted by Crippen LogP contribution is -2.50.